The molecule has 0 spiro atoms. The maximum atomic E-state index is 13.2. The molecule has 2 aromatic carbocycles. The highest BCUT2D eigenvalue weighted by Crippen LogP contribution is 2.11. The number of amides is 2. The second kappa shape index (κ2) is 8.10. The third kappa shape index (κ3) is 4.81. The highest BCUT2D eigenvalue weighted by atomic mass is 19.1. The topological polar surface area (TPSA) is 67.4 Å². The van der Waals surface area contributed by atoms with Crippen molar-refractivity contribution < 1.29 is 18.7 Å². The van der Waals surface area contributed by atoms with Crippen molar-refractivity contribution in [3.8, 4) is 5.75 Å². The predicted molar refractivity (Wildman–Crippen MR) is 88.3 cm³/mol. The number of nitrogens with one attached hydrogen (secondary N) is 2. The van der Waals surface area contributed by atoms with E-state index in [2.05, 4.69) is 10.6 Å². The van der Waals surface area contributed by atoms with Gasteiger partial charge in [-0.15, -0.1) is 0 Å². The average Bonchev–Trinajstić information content (AvgIpc) is 2.60. The van der Waals surface area contributed by atoms with E-state index in [0.29, 0.717) is 17.7 Å². The summed E-state index contributed by atoms with van der Waals surface area (Å²) in [6.07, 6.45) is 0. The molecule has 24 heavy (non-hydrogen) atoms. The molecule has 6 heteroatoms. The third-order valence-electron chi connectivity index (χ3n) is 3.48. The minimum atomic E-state index is -0.419. The molecule has 0 saturated heterocycles. The number of halogens is 1. The number of hydrogen-bond acceptors (Lipinski definition) is 3. The van der Waals surface area contributed by atoms with Gasteiger partial charge in [-0.05, 0) is 48.4 Å². The number of carbonyl (C=O) groups is 2. The van der Waals surface area contributed by atoms with Crippen molar-refractivity contribution in [1.82, 2.24) is 10.6 Å². The molecule has 0 radical (unpaired) electrons. The van der Waals surface area contributed by atoms with Crippen LogP contribution in [0.15, 0.2) is 42.5 Å². The first kappa shape index (κ1) is 17.5. The normalized spacial score (nSPS) is 10.1. The summed E-state index contributed by atoms with van der Waals surface area (Å²) in [7, 11) is 1.59. The Bertz CT molecular complexity index is 730. The summed E-state index contributed by atoms with van der Waals surface area (Å²) in [5.74, 6) is -0.355. The zero-order valence-corrected chi connectivity index (χ0v) is 13.6. The van der Waals surface area contributed by atoms with E-state index in [-0.39, 0.29) is 18.3 Å². The monoisotopic (exact) mass is 330 g/mol. The number of rotatable bonds is 6. The van der Waals surface area contributed by atoms with Gasteiger partial charge in [0.05, 0.1) is 13.7 Å². The van der Waals surface area contributed by atoms with Gasteiger partial charge in [-0.25, -0.2) is 4.39 Å². The predicted octanol–water partition coefficient (Wildman–Crippen LogP) is 2.19. The SMILES string of the molecule is COc1ccc(CNC(=O)CNC(=O)c2ccc(F)c(C)c2)cc1. The second-order valence-corrected chi connectivity index (χ2v) is 5.27. The Hall–Kier alpha value is -2.89. The summed E-state index contributed by atoms with van der Waals surface area (Å²) in [4.78, 5) is 23.7. The van der Waals surface area contributed by atoms with Gasteiger partial charge in [0.25, 0.3) is 5.91 Å². The number of benzene rings is 2. The van der Waals surface area contributed by atoms with Crippen LogP contribution in [-0.4, -0.2) is 25.5 Å². The second-order valence-electron chi connectivity index (χ2n) is 5.27. The summed E-state index contributed by atoms with van der Waals surface area (Å²) in [6, 6.07) is 11.4. The quantitative estimate of drug-likeness (QED) is 0.853. The molecule has 0 unspecified atom stereocenters. The van der Waals surface area contributed by atoms with Crippen LogP contribution in [0.5, 0.6) is 5.75 Å². The number of aryl methyl sites for hydroxylation is 1. The smallest absolute Gasteiger partial charge is 0.251 e. The summed E-state index contributed by atoms with van der Waals surface area (Å²) in [5, 5.41) is 5.22. The minimum absolute atomic E-state index is 0.147. The molecule has 0 aromatic heterocycles. The summed E-state index contributed by atoms with van der Waals surface area (Å²) >= 11 is 0. The molecule has 0 heterocycles. The summed E-state index contributed by atoms with van der Waals surface area (Å²) in [6.45, 7) is 1.79. The lowest BCUT2D eigenvalue weighted by atomic mass is 10.1. The molecule has 0 saturated carbocycles. The van der Waals surface area contributed by atoms with Gasteiger partial charge in [-0.1, -0.05) is 12.1 Å². The molecular weight excluding hydrogens is 311 g/mol. The van der Waals surface area contributed by atoms with Gasteiger partial charge in [0.1, 0.15) is 11.6 Å². The summed E-state index contributed by atoms with van der Waals surface area (Å²) in [5.41, 5.74) is 1.62. The first-order valence-corrected chi connectivity index (χ1v) is 7.43. The van der Waals surface area contributed by atoms with Crippen molar-refractivity contribution >= 4 is 11.8 Å². The van der Waals surface area contributed by atoms with Crippen LogP contribution >= 0.6 is 0 Å². The van der Waals surface area contributed by atoms with Crippen LogP contribution in [0.4, 0.5) is 4.39 Å². The first-order chi connectivity index (χ1) is 11.5. The van der Waals surface area contributed by atoms with Crippen LogP contribution in [0.25, 0.3) is 0 Å². The van der Waals surface area contributed by atoms with Gasteiger partial charge in [0.15, 0.2) is 0 Å². The average molecular weight is 330 g/mol. The maximum Gasteiger partial charge on any atom is 0.251 e. The molecule has 5 nitrogen and oxygen atoms in total. The van der Waals surface area contributed by atoms with Gasteiger partial charge >= 0.3 is 0 Å². The molecule has 2 aromatic rings. The van der Waals surface area contributed by atoms with Crippen molar-refractivity contribution in [1.29, 1.82) is 0 Å². The number of hydrogen-bond donors (Lipinski definition) is 2. The van der Waals surface area contributed by atoms with Gasteiger partial charge in [0, 0.05) is 12.1 Å². The first-order valence-electron chi connectivity index (χ1n) is 7.43. The van der Waals surface area contributed by atoms with Crippen molar-refractivity contribution in [3.63, 3.8) is 0 Å². The largest absolute Gasteiger partial charge is 0.497 e. The van der Waals surface area contributed by atoms with Crippen molar-refractivity contribution in [3.05, 3.63) is 65.0 Å². The van der Waals surface area contributed by atoms with Crippen LogP contribution in [0.3, 0.4) is 0 Å². The third-order valence-corrected chi connectivity index (χ3v) is 3.48. The van der Waals surface area contributed by atoms with Crippen LogP contribution in [0.2, 0.25) is 0 Å². The fourth-order valence-corrected chi connectivity index (χ4v) is 2.06. The van der Waals surface area contributed by atoms with Crippen LogP contribution in [0, 0.1) is 12.7 Å². The lowest BCUT2D eigenvalue weighted by Crippen LogP contribution is -2.36. The van der Waals surface area contributed by atoms with Crippen molar-refractivity contribution in [2.45, 2.75) is 13.5 Å². The standard InChI is InChI=1S/C18H19FN2O3/c1-12-9-14(5-8-16(12)19)18(23)21-11-17(22)20-10-13-3-6-15(24-2)7-4-13/h3-9H,10-11H2,1-2H3,(H,20,22)(H,21,23). The van der Waals surface area contributed by atoms with Crippen molar-refractivity contribution in [2.75, 3.05) is 13.7 Å². The molecule has 0 atom stereocenters. The van der Waals surface area contributed by atoms with Crippen LogP contribution < -0.4 is 15.4 Å². The van der Waals surface area contributed by atoms with Gasteiger partial charge < -0.3 is 15.4 Å². The number of ether oxygens (including phenoxy) is 1. The fraction of sp³-hybridized carbons (Fsp3) is 0.222. The highest BCUT2D eigenvalue weighted by molar-refractivity contribution is 5.96. The molecule has 2 amide bonds. The van der Waals surface area contributed by atoms with E-state index in [1.807, 2.05) is 12.1 Å². The molecule has 0 aliphatic rings. The molecular formula is C18H19FN2O3. The zero-order valence-electron chi connectivity index (χ0n) is 13.6. The van der Waals surface area contributed by atoms with E-state index >= 15 is 0 Å². The number of carbonyl (C=O) groups excluding carboxylic acids is 2. The Morgan fingerprint density at radius 2 is 1.79 bits per heavy atom. The lowest BCUT2D eigenvalue weighted by molar-refractivity contribution is -0.120. The van der Waals surface area contributed by atoms with Crippen LogP contribution in [-0.2, 0) is 11.3 Å². The zero-order chi connectivity index (χ0) is 17.5. The molecule has 0 aliphatic carbocycles. The van der Waals surface area contributed by atoms with Gasteiger partial charge in [-0.3, -0.25) is 9.59 Å². The van der Waals surface area contributed by atoms with E-state index in [1.54, 1.807) is 26.2 Å². The Morgan fingerprint density at radius 1 is 1.08 bits per heavy atom. The Balaban J connectivity index is 1.79. The Morgan fingerprint density at radius 3 is 2.42 bits per heavy atom. The lowest BCUT2D eigenvalue weighted by Gasteiger charge is -2.08. The number of methoxy groups -OCH3 is 1. The molecule has 2 N–H and O–H groups in total. The maximum absolute atomic E-state index is 13.2. The Kier molecular flexibility index (Phi) is 5.89. The Labute approximate surface area is 139 Å². The van der Waals surface area contributed by atoms with Crippen molar-refractivity contribution in [2.24, 2.45) is 0 Å². The van der Waals surface area contributed by atoms with Gasteiger partial charge in [-0.2, -0.15) is 0 Å². The van der Waals surface area contributed by atoms with Crippen LogP contribution in [0.1, 0.15) is 21.5 Å². The molecule has 0 fully saturated rings. The van der Waals surface area contributed by atoms with Gasteiger partial charge in [0.2, 0.25) is 5.91 Å². The summed E-state index contributed by atoms with van der Waals surface area (Å²) < 4.78 is 18.2. The molecule has 0 aliphatic heterocycles. The molecule has 126 valence electrons. The highest BCUT2D eigenvalue weighted by Gasteiger charge is 2.09. The van der Waals surface area contributed by atoms with E-state index in [1.165, 1.54) is 18.2 Å². The minimum Gasteiger partial charge on any atom is -0.497 e. The van der Waals surface area contributed by atoms with E-state index < -0.39 is 5.91 Å². The fourth-order valence-electron chi connectivity index (χ4n) is 2.06. The van der Waals surface area contributed by atoms with E-state index in [9.17, 15) is 14.0 Å². The van der Waals surface area contributed by atoms with E-state index in [0.717, 1.165) is 11.3 Å². The van der Waals surface area contributed by atoms with E-state index in [4.69, 9.17) is 4.74 Å². The molecule has 2 rings (SSSR count). The molecule has 0 bridgehead atoms.